The Morgan fingerprint density at radius 3 is 2.63 bits per heavy atom. The van der Waals surface area contributed by atoms with E-state index in [1.165, 1.54) is 12.1 Å². The van der Waals surface area contributed by atoms with Gasteiger partial charge in [0, 0.05) is 13.1 Å². The second-order valence-corrected chi connectivity index (χ2v) is 4.62. The summed E-state index contributed by atoms with van der Waals surface area (Å²) in [6.07, 6.45) is 0. The average Bonchev–Trinajstić information content (AvgIpc) is 2.42. The Morgan fingerprint density at radius 2 is 2.11 bits per heavy atom. The van der Waals surface area contributed by atoms with E-state index in [1.807, 2.05) is 0 Å². The van der Waals surface area contributed by atoms with Gasteiger partial charge in [0.2, 0.25) is 0 Å². The van der Waals surface area contributed by atoms with Crippen LogP contribution in [-0.4, -0.2) is 31.1 Å². The molecule has 5 heteroatoms. The Balaban J connectivity index is 2.59. The van der Waals surface area contributed by atoms with Gasteiger partial charge in [-0.1, -0.05) is 31.5 Å². The van der Waals surface area contributed by atoms with Crippen LogP contribution in [0.2, 0.25) is 5.02 Å². The molecule has 0 fully saturated rings. The van der Waals surface area contributed by atoms with E-state index in [0.717, 1.165) is 19.6 Å². The maximum Gasteiger partial charge on any atom is 0.142 e. The van der Waals surface area contributed by atoms with Gasteiger partial charge >= 0.3 is 0 Å². The van der Waals surface area contributed by atoms with Gasteiger partial charge in [-0.3, -0.25) is 5.32 Å². The molecule has 1 aromatic rings. The number of halogens is 2. The molecule has 0 radical (unpaired) electrons. The van der Waals surface area contributed by atoms with Crippen LogP contribution in [-0.2, 0) is 0 Å². The summed E-state index contributed by atoms with van der Waals surface area (Å²) in [7, 11) is 0. The quantitative estimate of drug-likeness (QED) is 0.836. The minimum Gasteiger partial charge on any atom is -0.303 e. The first-order valence-electron chi connectivity index (χ1n) is 6.42. The van der Waals surface area contributed by atoms with Crippen LogP contribution in [0, 0.1) is 17.1 Å². The highest BCUT2D eigenvalue weighted by Gasteiger charge is 2.12. The van der Waals surface area contributed by atoms with Crippen LogP contribution >= 0.6 is 11.6 Å². The van der Waals surface area contributed by atoms with E-state index in [4.69, 9.17) is 16.9 Å². The number of rotatable bonds is 7. The van der Waals surface area contributed by atoms with Crippen molar-refractivity contribution in [1.29, 1.82) is 5.26 Å². The van der Waals surface area contributed by atoms with E-state index < -0.39 is 11.9 Å². The number of nitrogens with one attached hydrogen (secondary N) is 1. The van der Waals surface area contributed by atoms with Crippen LogP contribution in [0.25, 0.3) is 0 Å². The first-order valence-corrected chi connectivity index (χ1v) is 6.80. The third-order valence-corrected chi connectivity index (χ3v) is 3.38. The second-order valence-electron chi connectivity index (χ2n) is 4.22. The van der Waals surface area contributed by atoms with Gasteiger partial charge in [-0.2, -0.15) is 5.26 Å². The van der Waals surface area contributed by atoms with Crippen LogP contribution in [0.3, 0.4) is 0 Å². The summed E-state index contributed by atoms with van der Waals surface area (Å²) in [6.45, 7) is 7.70. The highest BCUT2D eigenvalue weighted by molar-refractivity contribution is 6.30. The summed E-state index contributed by atoms with van der Waals surface area (Å²) >= 11 is 5.63. The van der Waals surface area contributed by atoms with E-state index in [2.05, 4.69) is 30.1 Å². The molecule has 3 nitrogen and oxygen atoms in total. The molecule has 1 N–H and O–H groups in total. The molecule has 0 bridgehead atoms. The summed E-state index contributed by atoms with van der Waals surface area (Å²) in [5.41, 5.74) is 0.601. The standard InChI is InChI=1S/C14H19ClFN3/c1-3-19(4-2)8-7-18-14(10-17)11-5-6-12(15)13(16)9-11/h5-6,9,14,18H,3-4,7-8H2,1-2H3. The maximum atomic E-state index is 13.4. The molecule has 1 atom stereocenters. The van der Waals surface area contributed by atoms with Crippen molar-refractivity contribution in [3.63, 3.8) is 0 Å². The van der Waals surface area contributed by atoms with E-state index in [-0.39, 0.29) is 5.02 Å². The lowest BCUT2D eigenvalue weighted by Crippen LogP contribution is -2.33. The zero-order valence-electron chi connectivity index (χ0n) is 11.3. The van der Waals surface area contributed by atoms with E-state index >= 15 is 0 Å². The summed E-state index contributed by atoms with van der Waals surface area (Å²) in [5.74, 6) is -0.495. The predicted octanol–water partition coefficient (Wildman–Crippen LogP) is 2.98. The van der Waals surface area contributed by atoms with Crippen LogP contribution in [0.5, 0.6) is 0 Å². The van der Waals surface area contributed by atoms with Crippen LogP contribution in [0.1, 0.15) is 25.5 Å². The Labute approximate surface area is 119 Å². The van der Waals surface area contributed by atoms with Gasteiger partial charge in [-0.05, 0) is 30.8 Å². The number of hydrogen-bond acceptors (Lipinski definition) is 3. The van der Waals surface area contributed by atoms with Crippen molar-refractivity contribution < 1.29 is 4.39 Å². The zero-order valence-corrected chi connectivity index (χ0v) is 12.0. The maximum absolute atomic E-state index is 13.4. The van der Waals surface area contributed by atoms with Crippen LogP contribution in [0.15, 0.2) is 18.2 Å². The first kappa shape index (κ1) is 15.9. The zero-order chi connectivity index (χ0) is 14.3. The number of benzene rings is 1. The smallest absolute Gasteiger partial charge is 0.142 e. The van der Waals surface area contributed by atoms with Gasteiger partial charge in [0.05, 0.1) is 11.1 Å². The van der Waals surface area contributed by atoms with Crippen molar-refractivity contribution in [2.24, 2.45) is 0 Å². The molecule has 1 rings (SSSR count). The minimum absolute atomic E-state index is 0.0728. The summed E-state index contributed by atoms with van der Waals surface area (Å²) in [6, 6.07) is 6.08. The van der Waals surface area contributed by atoms with E-state index in [1.54, 1.807) is 6.07 Å². The molecule has 0 aromatic heterocycles. The Morgan fingerprint density at radius 1 is 1.42 bits per heavy atom. The number of nitrogens with zero attached hydrogens (tertiary/aromatic N) is 2. The minimum atomic E-state index is -0.512. The molecule has 0 saturated carbocycles. The highest BCUT2D eigenvalue weighted by atomic mass is 35.5. The molecule has 1 aromatic carbocycles. The summed E-state index contributed by atoms with van der Waals surface area (Å²) in [5, 5.41) is 12.3. The van der Waals surface area contributed by atoms with Crippen LogP contribution in [0.4, 0.5) is 4.39 Å². The molecule has 0 aliphatic carbocycles. The third kappa shape index (κ3) is 4.79. The van der Waals surface area contributed by atoms with E-state index in [0.29, 0.717) is 12.1 Å². The molecule has 0 saturated heterocycles. The molecular weight excluding hydrogens is 265 g/mol. The molecule has 0 spiro atoms. The number of likely N-dealkylation sites (N-methyl/N-ethyl adjacent to an activating group) is 1. The van der Waals surface area contributed by atoms with Crippen molar-refractivity contribution in [1.82, 2.24) is 10.2 Å². The summed E-state index contributed by atoms with van der Waals surface area (Å²) < 4.78 is 13.4. The molecule has 0 aliphatic rings. The fourth-order valence-corrected chi connectivity index (χ4v) is 1.95. The van der Waals surface area contributed by atoms with Crippen molar-refractivity contribution in [3.8, 4) is 6.07 Å². The van der Waals surface area contributed by atoms with Crippen molar-refractivity contribution >= 4 is 11.6 Å². The molecule has 104 valence electrons. The lowest BCUT2D eigenvalue weighted by Gasteiger charge is -2.19. The van der Waals surface area contributed by atoms with Gasteiger partial charge in [-0.15, -0.1) is 0 Å². The fourth-order valence-electron chi connectivity index (χ4n) is 1.84. The predicted molar refractivity (Wildman–Crippen MR) is 75.6 cm³/mol. The van der Waals surface area contributed by atoms with Gasteiger partial charge in [0.1, 0.15) is 11.9 Å². The largest absolute Gasteiger partial charge is 0.303 e. The Hall–Kier alpha value is -1.15. The molecule has 1 unspecified atom stereocenters. The summed E-state index contributed by atoms with van der Waals surface area (Å²) in [4.78, 5) is 2.25. The lowest BCUT2D eigenvalue weighted by molar-refractivity contribution is 0.300. The van der Waals surface area contributed by atoms with Crippen LogP contribution < -0.4 is 5.32 Å². The molecular formula is C14H19ClFN3. The Bertz CT molecular complexity index is 441. The normalized spacial score (nSPS) is 12.4. The second kappa shape index (κ2) is 8.11. The average molecular weight is 284 g/mol. The monoisotopic (exact) mass is 283 g/mol. The molecule has 0 amide bonds. The number of nitriles is 1. The van der Waals surface area contributed by atoms with Crippen molar-refractivity contribution in [3.05, 3.63) is 34.6 Å². The van der Waals surface area contributed by atoms with Gasteiger partial charge < -0.3 is 4.90 Å². The fraction of sp³-hybridized carbons (Fsp3) is 0.500. The van der Waals surface area contributed by atoms with Gasteiger partial charge in [0.15, 0.2) is 0 Å². The highest BCUT2D eigenvalue weighted by Crippen LogP contribution is 2.19. The van der Waals surface area contributed by atoms with Gasteiger partial charge in [-0.25, -0.2) is 4.39 Å². The third-order valence-electron chi connectivity index (χ3n) is 3.08. The Kier molecular flexibility index (Phi) is 6.79. The topological polar surface area (TPSA) is 39.1 Å². The molecule has 0 heterocycles. The van der Waals surface area contributed by atoms with Gasteiger partial charge in [0.25, 0.3) is 0 Å². The number of hydrogen-bond donors (Lipinski definition) is 1. The first-order chi connectivity index (χ1) is 9.12. The van der Waals surface area contributed by atoms with Crippen molar-refractivity contribution in [2.75, 3.05) is 26.2 Å². The SMILES string of the molecule is CCN(CC)CCNC(C#N)c1ccc(Cl)c(F)c1. The van der Waals surface area contributed by atoms with Crippen molar-refractivity contribution in [2.45, 2.75) is 19.9 Å². The molecule has 19 heavy (non-hydrogen) atoms. The molecule has 0 aliphatic heterocycles. The lowest BCUT2D eigenvalue weighted by atomic mass is 10.1. The van der Waals surface area contributed by atoms with E-state index in [9.17, 15) is 4.39 Å².